The van der Waals surface area contributed by atoms with Gasteiger partial charge < -0.3 is 9.84 Å². The summed E-state index contributed by atoms with van der Waals surface area (Å²) in [6.07, 6.45) is 0. The van der Waals surface area contributed by atoms with Crippen molar-refractivity contribution in [2.24, 2.45) is 5.14 Å². The Labute approximate surface area is 196 Å². The van der Waals surface area contributed by atoms with Gasteiger partial charge in [-0.3, -0.25) is 0 Å². The number of primary sulfonamides is 1. The van der Waals surface area contributed by atoms with E-state index in [1.807, 2.05) is 0 Å². The van der Waals surface area contributed by atoms with Crippen LogP contribution in [0.25, 0.3) is 11.1 Å². The van der Waals surface area contributed by atoms with Gasteiger partial charge in [0, 0.05) is 19.2 Å². The van der Waals surface area contributed by atoms with Gasteiger partial charge in [-0.15, -0.1) is 0 Å². The van der Waals surface area contributed by atoms with Gasteiger partial charge in [0.15, 0.2) is 6.61 Å². The molecule has 0 spiro atoms. The van der Waals surface area contributed by atoms with Crippen LogP contribution in [0.5, 0.6) is 5.75 Å². The molecule has 180 valence electrons. The molecule has 0 unspecified atom stereocenters. The minimum Gasteiger partial charge on any atom is -0.481 e. The van der Waals surface area contributed by atoms with Crippen LogP contribution in [0, 0.1) is 5.82 Å². The van der Waals surface area contributed by atoms with E-state index in [1.165, 1.54) is 31.3 Å². The molecule has 0 aliphatic heterocycles. The summed E-state index contributed by atoms with van der Waals surface area (Å²) in [4.78, 5) is 10.7. The molecule has 0 aliphatic rings. The lowest BCUT2D eigenvalue weighted by molar-refractivity contribution is -0.139. The fourth-order valence-corrected chi connectivity index (χ4v) is 4.85. The first-order chi connectivity index (χ1) is 15.9. The molecule has 0 amide bonds. The summed E-state index contributed by atoms with van der Waals surface area (Å²) in [5.41, 5.74) is 1.22. The van der Waals surface area contributed by atoms with Crippen molar-refractivity contribution in [1.29, 1.82) is 0 Å². The number of carbonyl (C=O) groups is 1. The van der Waals surface area contributed by atoms with Crippen LogP contribution in [-0.2, 0) is 31.4 Å². The zero-order valence-corrected chi connectivity index (χ0v) is 19.5. The van der Waals surface area contributed by atoms with Gasteiger partial charge >= 0.3 is 5.97 Å². The van der Waals surface area contributed by atoms with Crippen molar-refractivity contribution in [1.82, 2.24) is 4.31 Å². The molecule has 0 heterocycles. The maximum absolute atomic E-state index is 13.2. The summed E-state index contributed by atoms with van der Waals surface area (Å²) in [5, 5.41) is 14.2. The maximum Gasteiger partial charge on any atom is 0.341 e. The Kier molecular flexibility index (Phi) is 7.36. The molecule has 3 aromatic rings. The van der Waals surface area contributed by atoms with E-state index >= 15 is 0 Å². The molecule has 0 bridgehead atoms. The molecule has 34 heavy (non-hydrogen) atoms. The number of halogens is 1. The molecule has 0 radical (unpaired) electrons. The highest BCUT2D eigenvalue weighted by Crippen LogP contribution is 2.33. The molecule has 0 fully saturated rings. The molecule has 3 N–H and O–H groups in total. The smallest absolute Gasteiger partial charge is 0.341 e. The van der Waals surface area contributed by atoms with Crippen molar-refractivity contribution >= 4 is 26.0 Å². The highest BCUT2D eigenvalue weighted by atomic mass is 32.2. The molecule has 0 saturated heterocycles. The first kappa shape index (κ1) is 25.3. The van der Waals surface area contributed by atoms with Gasteiger partial charge in [0.2, 0.25) is 20.0 Å². The van der Waals surface area contributed by atoms with Gasteiger partial charge in [-0.05, 0) is 59.7 Å². The summed E-state index contributed by atoms with van der Waals surface area (Å²) < 4.78 is 68.8. The predicted molar refractivity (Wildman–Crippen MR) is 121 cm³/mol. The third-order valence-corrected chi connectivity index (χ3v) is 7.52. The monoisotopic (exact) mass is 508 g/mol. The third-order valence-electron chi connectivity index (χ3n) is 4.80. The number of carboxylic acid groups (broad SMARTS) is 1. The molecular formula is C22H21FN2O7S2. The van der Waals surface area contributed by atoms with Gasteiger partial charge in [-0.2, -0.15) is 4.31 Å². The molecule has 0 atom stereocenters. The van der Waals surface area contributed by atoms with Gasteiger partial charge in [0.25, 0.3) is 0 Å². The molecule has 0 aromatic heterocycles. The Morgan fingerprint density at radius 1 is 1.00 bits per heavy atom. The lowest BCUT2D eigenvalue weighted by Crippen LogP contribution is -2.26. The largest absolute Gasteiger partial charge is 0.481 e. The average Bonchev–Trinajstić information content (AvgIpc) is 2.78. The highest BCUT2D eigenvalue weighted by Gasteiger charge is 2.22. The van der Waals surface area contributed by atoms with Crippen LogP contribution in [-0.4, -0.2) is 45.9 Å². The van der Waals surface area contributed by atoms with E-state index in [0.717, 1.165) is 28.6 Å². The van der Waals surface area contributed by atoms with Crippen LogP contribution in [0.1, 0.15) is 5.56 Å². The summed E-state index contributed by atoms with van der Waals surface area (Å²) in [6, 6.07) is 14.7. The van der Waals surface area contributed by atoms with Crippen LogP contribution in [0.3, 0.4) is 0 Å². The van der Waals surface area contributed by atoms with Crippen LogP contribution in [0.2, 0.25) is 0 Å². The SMILES string of the molecule is CN(Cc1ccc(OCC(=O)O)c(-c2cccc(S(N)(=O)=O)c2)c1)S(=O)(=O)c1ccc(F)cc1. The minimum absolute atomic E-state index is 0.0825. The normalized spacial score (nSPS) is 12.0. The Morgan fingerprint density at radius 2 is 1.68 bits per heavy atom. The van der Waals surface area contributed by atoms with Gasteiger partial charge in [-0.1, -0.05) is 18.2 Å². The Bertz CT molecular complexity index is 1420. The summed E-state index contributed by atoms with van der Waals surface area (Å²) >= 11 is 0. The third kappa shape index (κ3) is 5.97. The molecule has 12 heteroatoms. The van der Waals surface area contributed by atoms with Crippen molar-refractivity contribution < 1.29 is 35.9 Å². The van der Waals surface area contributed by atoms with Crippen molar-refractivity contribution in [3.63, 3.8) is 0 Å². The van der Waals surface area contributed by atoms with E-state index in [1.54, 1.807) is 18.2 Å². The number of aliphatic carboxylic acids is 1. The first-order valence-corrected chi connectivity index (χ1v) is 12.7. The van der Waals surface area contributed by atoms with E-state index < -0.39 is 38.4 Å². The van der Waals surface area contributed by atoms with Crippen molar-refractivity contribution in [2.75, 3.05) is 13.7 Å². The molecule has 0 aliphatic carbocycles. The maximum atomic E-state index is 13.2. The minimum atomic E-state index is -4.00. The van der Waals surface area contributed by atoms with Crippen LogP contribution >= 0.6 is 0 Å². The number of carboxylic acids is 1. The number of nitrogens with zero attached hydrogens (tertiary/aromatic N) is 1. The van der Waals surface area contributed by atoms with E-state index in [4.69, 9.17) is 15.0 Å². The topological polar surface area (TPSA) is 144 Å². The lowest BCUT2D eigenvalue weighted by atomic mass is 10.0. The van der Waals surface area contributed by atoms with Crippen LogP contribution in [0.4, 0.5) is 4.39 Å². The Morgan fingerprint density at radius 3 is 2.29 bits per heavy atom. The quantitative estimate of drug-likeness (QED) is 0.452. The number of ether oxygens (including phenoxy) is 1. The van der Waals surface area contributed by atoms with Gasteiger partial charge in [0.1, 0.15) is 11.6 Å². The second-order valence-electron chi connectivity index (χ2n) is 7.30. The van der Waals surface area contributed by atoms with Crippen molar-refractivity contribution in [3.05, 3.63) is 78.1 Å². The second kappa shape index (κ2) is 9.89. The van der Waals surface area contributed by atoms with Crippen LogP contribution in [0.15, 0.2) is 76.5 Å². The second-order valence-corrected chi connectivity index (χ2v) is 10.9. The number of rotatable bonds is 9. The highest BCUT2D eigenvalue weighted by molar-refractivity contribution is 7.89. The lowest BCUT2D eigenvalue weighted by Gasteiger charge is -2.19. The molecule has 3 rings (SSSR count). The van der Waals surface area contributed by atoms with E-state index in [-0.39, 0.29) is 22.1 Å². The molecule has 3 aromatic carbocycles. The predicted octanol–water partition coefficient (Wildman–Crippen LogP) is 2.42. The number of benzene rings is 3. The van der Waals surface area contributed by atoms with Crippen molar-refractivity contribution in [2.45, 2.75) is 16.3 Å². The zero-order valence-electron chi connectivity index (χ0n) is 17.9. The number of hydrogen-bond donors (Lipinski definition) is 2. The van der Waals surface area contributed by atoms with Crippen LogP contribution < -0.4 is 9.88 Å². The van der Waals surface area contributed by atoms with E-state index in [0.29, 0.717) is 16.7 Å². The Hall–Kier alpha value is -3.32. The van der Waals surface area contributed by atoms with Crippen molar-refractivity contribution in [3.8, 4) is 16.9 Å². The number of hydrogen-bond acceptors (Lipinski definition) is 6. The fourth-order valence-electron chi connectivity index (χ4n) is 3.14. The summed E-state index contributed by atoms with van der Waals surface area (Å²) in [5.74, 6) is -1.62. The zero-order chi connectivity index (χ0) is 25.1. The molecule has 0 saturated carbocycles. The molecule has 9 nitrogen and oxygen atoms in total. The average molecular weight is 509 g/mol. The Balaban J connectivity index is 2.00. The first-order valence-electron chi connectivity index (χ1n) is 9.70. The number of sulfonamides is 2. The summed E-state index contributed by atoms with van der Waals surface area (Å²) in [7, 11) is -6.57. The standard InChI is InChI=1S/C22H21FN2O7S2/c1-25(34(30,31)18-8-6-17(23)7-9-18)13-15-5-10-21(32-14-22(26)27)20(11-15)16-3-2-4-19(12-16)33(24,28)29/h2-12H,13-14H2,1H3,(H,26,27)(H2,24,28,29). The fraction of sp³-hybridized carbons (Fsp3) is 0.136. The van der Waals surface area contributed by atoms with E-state index in [2.05, 4.69) is 0 Å². The van der Waals surface area contributed by atoms with Gasteiger partial charge in [-0.25, -0.2) is 31.2 Å². The summed E-state index contributed by atoms with van der Waals surface area (Å²) in [6.45, 7) is -0.721. The molecular weight excluding hydrogens is 487 g/mol. The number of nitrogens with two attached hydrogens (primary N) is 1. The van der Waals surface area contributed by atoms with Gasteiger partial charge in [0.05, 0.1) is 9.79 Å². The van der Waals surface area contributed by atoms with E-state index in [9.17, 15) is 26.0 Å².